The van der Waals surface area contributed by atoms with E-state index in [0.717, 1.165) is 10.6 Å². The Morgan fingerprint density at radius 1 is 1.11 bits per heavy atom. The second kappa shape index (κ2) is 8.33. The van der Waals surface area contributed by atoms with Gasteiger partial charge in [0.1, 0.15) is 0 Å². The lowest BCUT2D eigenvalue weighted by atomic mass is 10.2. The van der Waals surface area contributed by atoms with E-state index in [2.05, 4.69) is 21.7 Å². The number of hydrogen-bond donors (Lipinski definition) is 2. The van der Waals surface area contributed by atoms with Crippen molar-refractivity contribution in [3.05, 3.63) is 99.4 Å². The molecule has 0 atom stereocenters. The van der Waals surface area contributed by atoms with Gasteiger partial charge in [0.2, 0.25) is 0 Å². The monoisotopic (exact) mass is 407 g/mol. The molecule has 2 aromatic carbocycles. The highest BCUT2D eigenvalue weighted by molar-refractivity contribution is 7.98. The van der Waals surface area contributed by atoms with Crippen LogP contribution in [0, 0.1) is 0 Å². The minimum absolute atomic E-state index is 0.173. The molecule has 140 valence electrons. The molecule has 0 saturated carbocycles. The molecule has 4 rings (SSSR count). The summed E-state index contributed by atoms with van der Waals surface area (Å²) in [6, 6.07) is 18.9. The summed E-state index contributed by atoms with van der Waals surface area (Å²) in [6.07, 6.45) is 3.23. The Kier molecular flexibility index (Phi) is 5.45. The summed E-state index contributed by atoms with van der Waals surface area (Å²) in [6.45, 7) is 0. The van der Waals surface area contributed by atoms with E-state index in [1.807, 2.05) is 42.5 Å². The van der Waals surface area contributed by atoms with Gasteiger partial charge in [0.05, 0.1) is 11.3 Å². The number of nitrogens with one attached hydrogen (secondary N) is 2. The van der Waals surface area contributed by atoms with Crippen molar-refractivity contribution in [3.8, 4) is 5.69 Å². The second-order valence-corrected chi connectivity index (χ2v) is 8.05. The van der Waals surface area contributed by atoms with E-state index in [1.54, 1.807) is 47.6 Å². The van der Waals surface area contributed by atoms with E-state index in [1.165, 1.54) is 9.44 Å². The van der Waals surface area contributed by atoms with Crippen LogP contribution >= 0.6 is 23.1 Å². The largest absolute Gasteiger partial charge is 0.330 e. The minimum Gasteiger partial charge on any atom is -0.322 e. The van der Waals surface area contributed by atoms with Crippen LogP contribution in [0.15, 0.2) is 88.1 Å². The minimum atomic E-state index is -0.223. The zero-order valence-electron chi connectivity index (χ0n) is 14.8. The molecule has 0 aliphatic rings. The van der Waals surface area contributed by atoms with Crippen LogP contribution < -0.4 is 11.0 Å². The van der Waals surface area contributed by atoms with Crippen molar-refractivity contribution in [1.29, 1.82) is 0 Å². The average Bonchev–Trinajstić information content (AvgIpc) is 3.38. The highest BCUT2D eigenvalue weighted by Crippen LogP contribution is 2.28. The quantitative estimate of drug-likeness (QED) is 0.452. The Bertz CT molecular complexity index is 1150. The van der Waals surface area contributed by atoms with Crippen LogP contribution in [-0.2, 0) is 5.75 Å². The summed E-state index contributed by atoms with van der Waals surface area (Å²) in [5, 5.41) is 4.99. The first-order valence-electron chi connectivity index (χ1n) is 8.63. The highest BCUT2D eigenvalue weighted by Gasteiger charge is 2.12. The lowest BCUT2D eigenvalue weighted by Gasteiger charge is -2.11. The molecule has 7 heteroatoms. The molecular formula is C21H17N3O2S2. The molecule has 0 radical (unpaired) electrons. The van der Waals surface area contributed by atoms with E-state index in [9.17, 15) is 9.59 Å². The van der Waals surface area contributed by atoms with Gasteiger partial charge in [-0.15, -0.1) is 23.1 Å². The van der Waals surface area contributed by atoms with Crippen molar-refractivity contribution in [2.45, 2.75) is 10.6 Å². The standard InChI is InChI=1S/C21H17N3O2S2/c25-20(18-8-1-2-9-19(18)28-14-17-7-4-12-27-17)23-15-5-3-6-16(13-15)24-11-10-22-21(24)26/h1-13H,14H2,(H,22,26)(H,23,25). The summed E-state index contributed by atoms with van der Waals surface area (Å²) < 4.78 is 1.49. The van der Waals surface area contributed by atoms with Crippen LogP contribution in [0.4, 0.5) is 5.69 Å². The number of H-pyrrole nitrogens is 1. The number of rotatable bonds is 6. The third-order valence-electron chi connectivity index (χ3n) is 4.11. The zero-order valence-corrected chi connectivity index (χ0v) is 16.4. The average molecular weight is 408 g/mol. The fraction of sp³-hybridized carbons (Fsp3) is 0.0476. The van der Waals surface area contributed by atoms with Crippen molar-refractivity contribution < 1.29 is 4.79 Å². The number of imidazole rings is 1. The smallest absolute Gasteiger partial charge is 0.322 e. The number of amides is 1. The molecule has 2 heterocycles. The first-order chi connectivity index (χ1) is 13.7. The third kappa shape index (κ3) is 4.11. The molecule has 4 aromatic rings. The Labute approximate surface area is 170 Å². The van der Waals surface area contributed by atoms with E-state index in [0.29, 0.717) is 16.9 Å². The van der Waals surface area contributed by atoms with Crippen LogP contribution in [-0.4, -0.2) is 15.5 Å². The van der Waals surface area contributed by atoms with E-state index in [4.69, 9.17) is 0 Å². The van der Waals surface area contributed by atoms with Gasteiger partial charge in [0, 0.05) is 33.6 Å². The van der Waals surface area contributed by atoms with Gasteiger partial charge in [0.25, 0.3) is 5.91 Å². The summed E-state index contributed by atoms with van der Waals surface area (Å²) in [7, 11) is 0. The maximum atomic E-state index is 12.9. The molecule has 0 spiro atoms. The number of aromatic amines is 1. The van der Waals surface area contributed by atoms with Gasteiger partial charge < -0.3 is 10.3 Å². The van der Waals surface area contributed by atoms with Crippen molar-refractivity contribution in [2.24, 2.45) is 0 Å². The molecule has 0 aliphatic carbocycles. The number of hydrogen-bond acceptors (Lipinski definition) is 4. The Hall–Kier alpha value is -3.03. The second-order valence-electron chi connectivity index (χ2n) is 6.00. The molecule has 5 nitrogen and oxygen atoms in total. The summed E-state index contributed by atoms with van der Waals surface area (Å²) in [5.41, 5.74) is 1.73. The molecule has 2 aromatic heterocycles. The van der Waals surface area contributed by atoms with Crippen molar-refractivity contribution in [3.63, 3.8) is 0 Å². The topological polar surface area (TPSA) is 66.9 Å². The van der Waals surface area contributed by atoms with Crippen LogP contribution in [0.3, 0.4) is 0 Å². The first-order valence-corrected chi connectivity index (χ1v) is 10.5. The summed E-state index contributed by atoms with van der Waals surface area (Å²) in [5.74, 6) is 0.654. The molecule has 0 saturated heterocycles. The third-order valence-corrected chi connectivity index (χ3v) is 6.29. The number of nitrogens with zero attached hydrogens (tertiary/aromatic N) is 1. The number of thiophene rings is 1. The van der Waals surface area contributed by atoms with Gasteiger partial charge in [-0.25, -0.2) is 4.79 Å². The Morgan fingerprint density at radius 3 is 2.79 bits per heavy atom. The van der Waals surface area contributed by atoms with Crippen molar-refractivity contribution in [1.82, 2.24) is 9.55 Å². The number of carbonyl (C=O) groups excluding carboxylic acids is 1. The van der Waals surface area contributed by atoms with Gasteiger partial charge in [-0.3, -0.25) is 9.36 Å². The van der Waals surface area contributed by atoms with E-state index in [-0.39, 0.29) is 11.6 Å². The van der Waals surface area contributed by atoms with Gasteiger partial charge in [-0.05, 0) is 41.8 Å². The zero-order chi connectivity index (χ0) is 19.3. The van der Waals surface area contributed by atoms with Crippen LogP contribution in [0.1, 0.15) is 15.2 Å². The van der Waals surface area contributed by atoms with Crippen molar-refractivity contribution >= 4 is 34.7 Å². The summed E-state index contributed by atoms with van der Waals surface area (Å²) in [4.78, 5) is 29.5. The number of benzene rings is 2. The fourth-order valence-electron chi connectivity index (χ4n) is 2.78. The predicted molar refractivity (Wildman–Crippen MR) is 115 cm³/mol. The van der Waals surface area contributed by atoms with E-state index >= 15 is 0 Å². The molecular weight excluding hydrogens is 390 g/mol. The molecule has 28 heavy (non-hydrogen) atoms. The molecule has 0 aliphatic heterocycles. The molecule has 2 N–H and O–H groups in total. The Morgan fingerprint density at radius 2 is 2.00 bits per heavy atom. The number of anilines is 1. The van der Waals surface area contributed by atoms with E-state index < -0.39 is 0 Å². The fourth-order valence-corrected chi connectivity index (χ4v) is 4.60. The molecule has 1 amide bonds. The van der Waals surface area contributed by atoms with Crippen LogP contribution in [0.2, 0.25) is 0 Å². The van der Waals surface area contributed by atoms with Gasteiger partial charge >= 0.3 is 5.69 Å². The SMILES string of the molecule is O=C(Nc1cccc(-n2cc[nH]c2=O)c1)c1ccccc1SCc1cccs1. The maximum Gasteiger partial charge on any atom is 0.330 e. The summed E-state index contributed by atoms with van der Waals surface area (Å²) >= 11 is 3.36. The molecule has 0 unspecified atom stereocenters. The molecule has 0 fully saturated rings. The predicted octanol–water partition coefficient (Wildman–Crippen LogP) is 4.77. The highest BCUT2D eigenvalue weighted by atomic mass is 32.2. The van der Waals surface area contributed by atoms with Gasteiger partial charge in [-0.2, -0.15) is 0 Å². The number of aromatic nitrogens is 2. The lowest BCUT2D eigenvalue weighted by molar-refractivity contribution is 0.102. The van der Waals surface area contributed by atoms with Crippen LogP contribution in [0.5, 0.6) is 0 Å². The van der Waals surface area contributed by atoms with Crippen molar-refractivity contribution in [2.75, 3.05) is 5.32 Å². The maximum absolute atomic E-state index is 12.9. The number of carbonyl (C=O) groups is 1. The normalized spacial score (nSPS) is 10.7. The lowest BCUT2D eigenvalue weighted by Crippen LogP contribution is -2.15. The molecule has 0 bridgehead atoms. The Balaban J connectivity index is 1.53. The first kappa shape index (κ1) is 18.3. The van der Waals surface area contributed by atoms with Crippen LogP contribution in [0.25, 0.3) is 5.69 Å². The number of thioether (sulfide) groups is 1. The van der Waals surface area contributed by atoms with Gasteiger partial charge in [0.15, 0.2) is 0 Å². The van der Waals surface area contributed by atoms with Gasteiger partial charge in [-0.1, -0.05) is 24.3 Å².